The van der Waals surface area contributed by atoms with Crippen LogP contribution in [0.1, 0.15) is 0 Å². The van der Waals surface area contributed by atoms with Crippen LogP contribution in [0.2, 0.25) is 0 Å². The largest absolute Gasteiger partial charge is 0.237 e. The van der Waals surface area contributed by atoms with Crippen molar-refractivity contribution in [2.45, 2.75) is 0 Å². The van der Waals surface area contributed by atoms with Gasteiger partial charge in [-0.1, -0.05) is 158 Å². The lowest BCUT2D eigenvalue weighted by atomic mass is 9.86. The maximum absolute atomic E-state index is 4.77. The van der Waals surface area contributed by atoms with Gasteiger partial charge < -0.3 is 0 Å². The van der Waals surface area contributed by atoms with Crippen LogP contribution in [-0.2, 0) is 0 Å². The molecule has 0 saturated carbocycles. The zero-order valence-corrected chi connectivity index (χ0v) is 29.4. The van der Waals surface area contributed by atoms with E-state index < -0.39 is 0 Å². The van der Waals surface area contributed by atoms with Gasteiger partial charge in [0.2, 0.25) is 0 Å². The molecule has 0 amide bonds. The summed E-state index contributed by atoms with van der Waals surface area (Å²) in [6.07, 6.45) is 3.66. The van der Waals surface area contributed by atoms with Crippen molar-refractivity contribution in [3.63, 3.8) is 0 Å². The lowest BCUT2D eigenvalue weighted by Crippen LogP contribution is -1.94. The van der Waals surface area contributed by atoms with Gasteiger partial charge in [0.1, 0.15) is 0 Å². The first-order chi connectivity index (χ1) is 26.8. The van der Waals surface area contributed by atoms with Crippen LogP contribution in [0.4, 0.5) is 0 Å². The minimum atomic E-state index is 0.729. The van der Waals surface area contributed by atoms with E-state index in [1.165, 1.54) is 87.6 Å². The molecule has 11 aromatic rings. The molecule has 0 bridgehead atoms. The Balaban J connectivity index is 1.10. The van der Waals surface area contributed by atoms with Crippen LogP contribution < -0.4 is 0 Å². The second kappa shape index (κ2) is 12.2. The number of hydrogen-bond acceptors (Lipinski definition) is 2. The molecule has 0 fully saturated rings. The van der Waals surface area contributed by atoms with Gasteiger partial charge in [0, 0.05) is 18.0 Å². The van der Waals surface area contributed by atoms with E-state index in [0.29, 0.717) is 0 Å². The third-order valence-electron chi connectivity index (χ3n) is 11.1. The van der Waals surface area contributed by atoms with Gasteiger partial charge in [-0.25, -0.2) is 9.97 Å². The van der Waals surface area contributed by atoms with Gasteiger partial charge in [0.05, 0.1) is 0 Å². The predicted molar refractivity (Wildman–Crippen MR) is 228 cm³/mol. The normalized spacial score (nSPS) is 11.7. The van der Waals surface area contributed by atoms with Crippen molar-refractivity contribution in [1.82, 2.24) is 9.97 Å². The Labute approximate surface area is 313 Å². The molecule has 0 N–H and O–H groups in total. The molecule has 10 aromatic carbocycles. The van der Waals surface area contributed by atoms with E-state index in [1.807, 2.05) is 18.5 Å². The highest BCUT2D eigenvalue weighted by atomic mass is 14.9. The minimum Gasteiger partial charge on any atom is -0.237 e. The van der Waals surface area contributed by atoms with Crippen LogP contribution in [0, 0.1) is 0 Å². The summed E-state index contributed by atoms with van der Waals surface area (Å²) in [6.45, 7) is 0. The third-order valence-corrected chi connectivity index (χ3v) is 11.1. The molecule has 54 heavy (non-hydrogen) atoms. The highest BCUT2D eigenvalue weighted by Crippen LogP contribution is 2.45. The quantitative estimate of drug-likeness (QED) is 0.133. The Kier molecular flexibility index (Phi) is 6.90. The minimum absolute atomic E-state index is 0.729. The van der Waals surface area contributed by atoms with Crippen molar-refractivity contribution in [1.29, 1.82) is 0 Å². The number of rotatable bonds is 5. The van der Waals surface area contributed by atoms with Crippen molar-refractivity contribution in [2.75, 3.05) is 0 Å². The van der Waals surface area contributed by atoms with Crippen molar-refractivity contribution in [3.05, 3.63) is 194 Å². The summed E-state index contributed by atoms with van der Waals surface area (Å²) in [4.78, 5) is 9.55. The van der Waals surface area contributed by atoms with Gasteiger partial charge in [0.25, 0.3) is 0 Å². The third kappa shape index (κ3) is 4.81. The fourth-order valence-electron chi connectivity index (χ4n) is 8.68. The van der Waals surface area contributed by atoms with E-state index in [0.717, 1.165) is 22.2 Å². The lowest BCUT2D eigenvalue weighted by molar-refractivity contribution is 1.18. The Morgan fingerprint density at radius 3 is 1.59 bits per heavy atom. The zero-order valence-electron chi connectivity index (χ0n) is 29.4. The summed E-state index contributed by atoms with van der Waals surface area (Å²) >= 11 is 0. The smallest absolute Gasteiger partial charge is 0.160 e. The maximum atomic E-state index is 4.77. The molecular weight excluding hydrogens is 653 g/mol. The Bertz CT molecular complexity index is 3190. The van der Waals surface area contributed by atoms with Gasteiger partial charge in [-0.2, -0.15) is 0 Å². The first-order valence-electron chi connectivity index (χ1n) is 18.5. The van der Waals surface area contributed by atoms with Crippen molar-refractivity contribution in [2.24, 2.45) is 0 Å². The SMILES string of the molecule is c1ccc(-c2ccc3c(-c4cccc(-c5cccc(-c6ccc7ccc8cccc9ccc6c7c89)c5)c4)c4ccccc4c(-c4ncccn4)c3c2)cc1. The van der Waals surface area contributed by atoms with E-state index in [4.69, 9.17) is 9.97 Å². The number of nitrogens with zero attached hydrogens (tertiary/aromatic N) is 2. The molecule has 0 atom stereocenters. The summed E-state index contributed by atoms with van der Waals surface area (Å²) in [5.74, 6) is 0.729. The van der Waals surface area contributed by atoms with E-state index >= 15 is 0 Å². The molecule has 0 unspecified atom stereocenters. The standard InChI is InChI=1S/C52H32N2/c1-2-10-33(11-3-1)39-24-27-46-47(32-39)51(52-53-28-9-29-54-52)44-19-5-4-18-43(44)49(46)41-17-8-15-38(31-41)37-14-7-16-40(30-37)42-25-22-36-21-20-34-12-6-13-35-23-26-45(42)50(36)48(34)35/h1-32H. The average molecular weight is 685 g/mol. The Hall–Kier alpha value is -7.16. The Morgan fingerprint density at radius 2 is 0.815 bits per heavy atom. The first kappa shape index (κ1) is 30.5. The summed E-state index contributed by atoms with van der Waals surface area (Å²) in [5, 5.41) is 12.5. The molecule has 0 aliphatic carbocycles. The Morgan fingerprint density at radius 1 is 0.278 bits per heavy atom. The molecule has 250 valence electrons. The van der Waals surface area contributed by atoms with Crippen molar-refractivity contribution >= 4 is 53.9 Å². The van der Waals surface area contributed by atoms with E-state index in [1.54, 1.807) is 0 Å². The van der Waals surface area contributed by atoms with Gasteiger partial charge in [-0.15, -0.1) is 0 Å². The van der Waals surface area contributed by atoms with Crippen LogP contribution >= 0.6 is 0 Å². The topological polar surface area (TPSA) is 25.8 Å². The molecule has 0 spiro atoms. The van der Waals surface area contributed by atoms with Gasteiger partial charge in [0.15, 0.2) is 5.82 Å². The summed E-state index contributed by atoms with van der Waals surface area (Å²) in [5.41, 5.74) is 10.6. The van der Waals surface area contributed by atoms with Crippen LogP contribution in [0.5, 0.6) is 0 Å². The fourth-order valence-corrected chi connectivity index (χ4v) is 8.68. The molecule has 0 aliphatic rings. The number of benzene rings is 10. The van der Waals surface area contributed by atoms with E-state index in [2.05, 4.69) is 176 Å². The summed E-state index contributed by atoms with van der Waals surface area (Å²) < 4.78 is 0. The monoisotopic (exact) mass is 684 g/mol. The van der Waals surface area contributed by atoms with Gasteiger partial charge in [-0.3, -0.25) is 0 Å². The molecule has 1 aromatic heterocycles. The molecule has 2 nitrogen and oxygen atoms in total. The van der Waals surface area contributed by atoms with Gasteiger partial charge in [-0.05, 0) is 123 Å². The fraction of sp³-hybridized carbons (Fsp3) is 0. The molecule has 0 radical (unpaired) electrons. The number of aromatic nitrogens is 2. The predicted octanol–water partition coefficient (Wildman–Crippen LogP) is 14.0. The zero-order chi connectivity index (χ0) is 35.6. The molecule has 11 rings (SSSR count). The highest BCUT2D eigenvalue weighted by molar-refractivity contribution is 6.25. The molecule has 1 heterocycles. The average Bonchev–Trinajstić information content (AvgIpc) is 3.25. The number of fused-ring (bicyclic) bond motifs is 2. The number of hydrogen-bond donors (Lipinski definition) is 0. The van der Waals surface area contributed by atoms with E-state index in [9.17, 15) is 0 Å². The summed E-state index contributed by atoms with van der Waals surface area (Å²) in [6, 6.07) is 66.3. The molecular formula is C52H32N2. The van der Waals surface area contributed by atoms with Crippen molar-refractivity contribution in [3.8, 4) is 55.9 Å². The highest BCUT2D eigenvalue weighted by Gasteiger charge is 2.19. The molecule has 0 saturated heterocycles. The van der Waals surface area contributed by atoms with E-state index in [-0.39, 0.29) is 0 Å². The van der Waals surface area contributed by atoms with Crippen molar-refractivity contribution < 1.29 is 0 Å². The van der Waals surface area contributed by atoms with Crippen LogP contribution in [0.25, 0.3) is 110 Å². The maximum Gasteiger partial charge on any atom is 0.160 e. The van der Waals surface area contributed by atoms with Gasteiger partial charge >= 0.3 is 0 Å². The van der Waals surface area contributed by atoms with Crippen LogP contribution in [0.3, 0.4) is 0 Å². The van der Waals surface area contributed by atoms with Crippen LogP contribution in [-0.4, -0.2) is 9.97 Å². The molecule has 0 aliphatic heterocycles. The molecule has 2 heteroatoms. The second-order valence-electron chi connectivity index (χ2n) is 14.1. The lowest BCUT2D eigenvalue weighted by Gasteiger charge is -2.18. The van der Waals surface area contributed by atoms with Crippen LogP contribution in [0.15, 0.2) is 194 Å². The first-order valence-corrected chi connectivity index (χ1v) is 18.5. The summed E-state index contributed by atoms with van der Waals surface area (Å²) in [7, 11) is 0. The second-order valence-corrected chi connectivity index (χ2v) is 14.1.